The van der Waals surface area contributed by atoms with Crippen LogP contribution in [0.25, 0.3) is 0 Å². The Labute approximate surface area is 123 Å². The highest BCUT2D eigenvalue weighted by Gasteiger charge is 2.25. The number of rotatable bonds is 1. The molecular weight excluding hydrogens is 242 g/mol. The molecule has 0 aromatic heterocycles. The van der Waals surface area contributed by atoms with E-state index in [0.717, 1.165) is 13.0 Å². The highest BCUT2D eigenvalue weighted by atomic mass is 15.1. The maximum absolute atomic E-state index is 2.46. The van der Waals surface area contributed by atoms with E-state index in [1.54, 1.807) is 0 Å². The first-order valence-corrected chi connectivity index (χ1v) is 7.60. The third-order valence-electron chi connectivity index (χ3n) is 3.88. The average molecular weight is 267 g/mol. The highest BCUT2D eigenvalue weighted by molar-refractivity contribution is 5.40. The normalized spacial score (nSPS) is 17.9. The van der Waals surface area contributed by atoms with Crippen molar-refractivity contribution in [2.75, 3.05) is 13.6 Å². The van der Waals surface area contributed by atoms with Crippen LogP contribution in [-0.2, 0) is 6.42 Å². The van der Waals surface area contributed by atoms with Crippen molar-refractivity contribution in [2.45, 2.75) is 33.2 Å². The Morgan fingerprint density at radius 3 is 2.50 bits per heavy atom. The van der Waals surface area contributed by atoms with E-state index >= 15 is 0 Å². The van der Waals surface area contributed by atoms with Gasteiger partial charge < -0.3 is 0 Å². The van der Waals surface area contributed by atoms with Crippen LogP contribution in [0.3, 0.4) is 0 Å². The summed E-state index contributed by atoms with van der Waals surface area (Å²) in [6.07, 6.45) is 1.16. The van der Waals surface area contributed by atoms with E-state index in [1.807, 2.05) is 13.8 Å². The number of benzene rings is 2. The first-order chi connectivity index (χ1) is 9.75. The van der Waals surface area contributed by atoms with E-state index in [2.05, 4.69) is 67.4 Å². The molecule has 0 saturated carbocycles. The van der Waals surface area contributed by atoms with Crippen molar-refractivity contribution in [3.05, 3.63) is 70.8 Å². The molecule has 0 aliphatic carbocycles. The number of hydrogen-bond acceptors (Lipinski definition) is 1. The molecule has 0 saturated heterocycles. The number of fused-ring (bicyclic) bond motifs is 1. The van der Waals surface area contributed by atoms with Gasteiger partial charge >= 0.3 is 0 Å². The van der Waals surface area contributed by atoms with Crippen LogP contribution in [0.4, 0.5) is 0 Å². The van der Waals surface area contributed by atoms with Crippen LogP contribution in [0.5, 0.6) is 0 Å². The van der Waals surface area contributed by atoms with Gasteiger partial charge in [-0.1, -0.05) is 67.9 Å². The van der Waals surface area contributed by atoms with E-state index in [1.165, 1.54) is 22.3 Å². The number of nitrogens with zero attached hydrogens (tertiary/aromatic N) is 1. The van der Waals surface area contributed by atoms with Gasteiger partial charge in [-0.15, -0.1) is 0 Å². The summed E-state index contributed by atoms with van der Waals surface area (Å²) in [4.78, 5) is 2.46. The monoisotopic (exact) mass is 267 g/mol. The van der Waals surface area contributed by atoms with Crippen molar-refractivity contribution in [1.29, 1.82) is 0 Å². The SMILES string of the molecule is CC.Cc1cccc(C2c3ccccc3CCN2C)c1. The molecule has 0 fully saturated rings. The minimum Gasteiger partial charge on any atom is -0.295 e. The lowest BCUT2D eigenvalue weighted by molar-refractivity contribution is 0.265. The molecule has 0 spiro atoms. The topological polar surface area (TPSA) is 3.24 Å². The standard InChI is InChI=1S/C17H19N.C2H6/c1-13-6-5-8-15(12-13)17-16-9-4-3-7-14(16)10-11-18(17)2;1-2/h3-9,12,17H,10-11H2,1-2H3;1-2H3. The first-order valence-electron chi connectivity index (χ1n) is 7.60. The zero-order valence-electron chi connectivity index (χ0n) is 13.1. The zero-order valence-corrected chi connectivity index (χ0v) is 13.1. The zero-order chi connectivity index (χ0) is 14.5. The van der Waals surface area contributed by atoms with E-state index in [4.69, 9.17) is 0 Å². The summed E-state index contributed by atoms with van der Waals surface area (Å²) in [5, 5.41) is 0. The number of aryl methyl sites for hydroxylation is 1. The molecule has 0 bridgehead atoms. The maximum atomic E-state index is 2.46. The van der Waals surface area contributed by atoms with Crippen LogP contribution in [0, 0.1) is 6.92 Å². The van der Waals surface area contributed by atoms with Crippen molar-refractivity contribution >= 4 is 0 Å². The summed E-state index contributed by atoms with van der Waals surface area (Å²) in [5.41, 5.74) is 5.72. The predicted octanol–water partition coefficient (Wildman–Crippen LogP) is 4.60. The fourth-order valence-corrected chi connectivity index (χ4v) is 2.97. The smallest absolute Gasteiger partial charge is 0.0602 e. The minimum atomic E-state index is 0.412. The van der Waals surface area contributed by atoms with E-state index < -0.39 is 0 Å². The number of likely N-dealkylation sites (N-methyl/N-ethyl adjacent to an activating group) is 1. The fourth-order valence-electron chi connectivity index (χ4n) is 2.97. The second kappa shape index (κ2) is 6.71. The van der Waals surface area contributed by atoms with Gasteiger partial charge in [-0.05, 0) is 37.1 Å². The van der Waals surface area contributed by atoms with Crippen LogP contribution < -0.4 is 0 Å². The Morgan fingerprint density at radius 2 is 1.75 bits per heavy atom. The summed E-state index contributed by atoms with van der Waals surface area (Å²) in [5.74, 6) is 0. The molecule has 0 amide bonds. The molecule has 2 aromatic carbocycles. The minimum absolute atomic E-state index is 0.412. The van der Waals surface area contributed by atoms with Gasteiger partial charge in [-0.25, -0.2) is 0 Å². The maximum Gasteiger partial charge on any atom is 0.0602 e. The summed E-state index contributed by atoms with van der Waals surface area (Å²) < 4.78 is 0. The van der Waals surface area contributed by atoms with Gasteiger partial charge in [0.25, 0.3) is 0 Å². The number of hydrogen-bond donors (Lipinski definition) is 0. The molecule has 1 heteroatoms. The summed E-state index contributed by atoms with van der Waals surface area (Å²) >= 11 is 0. The van der Waals surface area contributed by atoms with E-state index in [-0.39, 0.29) is 0 Å². The molecule has 2 aromatic rings. The van der Waals surface area contributed by atoms with Crippen LogP contribution >= 0.6 is 0 Å². The van der Waals surface area contributed by atoms with Gasteiger partial charge in [0.2, 0.25) is 0 Å². The van der Waals surface area contributed by atoms with Gasteiger partial charge in [0.15, 0.2) is 0 Å². The van der Waals surface area contributed by atoms with Crippen LogP contribution in [0.2, 0.25) is 0 Å². The summed E-state index contributed by atoms with van der Waals surface area (Å²) in [7, 11) is 2.23. The lowest BCUT2D eigenvalue weighted by Gasteiger charge is -2.35. The van der Waals surface area contributed by atoms with Gasteiger partial charge in [0.1, 0.15) is 0 Å². The lowest BCUT2D eigenvalue weighted by atomic mass is 9.88. The van der Waals surface area contributed by atoms with Crippen molar-refractivity contribution in [1.82, 2.24) is 4.90 Å². The third-order valence-corrected chi connectivity index (χ3v) is 3.88. The van der Waals surface area contributed by atoms with Crippen LogP contribution in [-0.4, -0.2) is 18.5 Å². The van der Waals surface area contributed by atoms with E-state index in [0.29, 0.717) is 6.04 Å². The Balaban J connectivity index is 0.000000704. The van der Waals surface area contributed by atoms with Crippen LogP contribution in [0.1, 0.15) is 42.1 Å². The van der Waals surface area contributed by atoms with Crippen molar-refractivity contribution < 1.29 is 0 Å². The summed E-state index contributed by atoms with van der Waals surface area (Å²) in [6, 6.07) is 18.1. The summed E-state index contributed by atoms with van der Waals surface area (Å²) in [6.45, 7) is 7.30. The van der Waals surface area contributed by atoms with Gasteiger partial charge in [0, 0.05) is 6.54 Å². The molecule has 106 valence electrons. The molecular formula is C19H25N. The molecule has 20 heavy (non-hydrogen) atoms. The molecule has 0 radical (unpaired) electrons. The Kier molecular flexibility index (Phi) is 4.97. The fraction of sp³-hybridized carbons (Fsp3) is 0.368. The Bertz CT molecular complexity index is 559. The predicted molar refractivity (Wildman–Crippen MR) is 87.1 cm³/mol. The van der Waals surface area contributed by atoms with E-state index in [9.17, 15) is 0 Å². The molecule has 1 aliphatic heterocycles. The van der Waals surface area contributed by atoms with Crippen LogP contribution in [0.15, 0.2) is 48.5 Å². The lowest BCUT2D eigenvalue weighted by Crippen LogP contribution is -2.32. The average Bonchev–Trinajstić information content (AvgIpc) is 2.49. The Hall–Kier alpha value is -1.60. The molecule has 1 unspecified atom stereocenters. The molecule has 0 N–H and O–H groups in total. The molecule has 1 heterocycles. The molecule has 1 aliphatic rings. The van der Waals surface area contributed by atoms with Crippen molar-refractivity contribution in [3.8, 4) is 0 Å². The molecule has 1 nitrogen and oxygen atoms in total. The highest BCUT2D eigenvalue weighted by Crippen LogP contribution is 2.34. The Morgan fingerprint density at radius 1 is 1.00 bits per heavy atom. The third kappa shape index (κ3) is 2.94. The van der Waals surface area contributed by atoms with Gasteiger partial charge in [-0.2, -0.15) is 0 Å². The molecule has 1 atom stereocenters. The molecule has 3 rings (SSSR count). The van der Waals surface area contributed by atoms with Crippen molar-refractivity contribution in [2.24, 2.45) is 0 Å². The second-order valence-corrected chi connectivity index (χ2v) is 5.25. The van der Waals surface area contributed by atoms with Crippen molar-refractivity contribution in [3.63, 3.8) is 0 Å². The van der Waals surface area contributed by atoms with Gasteiger partial charge in [0.05, 0.1) is 6.04 Å². The first kappa shape index (κ1) is 14.8. The largest absolute Gasteiger partial charge is 0.295 e. The second-order valence-electron chi connectivity index (χ2n) is 5.25. The quantitative estimate of drug-likeness (QED) is 0.730. The van der Waals surface area contributed by atoms with Gasteiger partial charge in [-0.3, -0.25) is 4.90 Å².